The molecule has 2 fully saturated rings. The third-order valence-electron chi connectivity index (χ3n) is 4.66. The van der Waals surface area contributed by atoms with E-state index in [9.17, 15) is 9.59 Å². The van der Waals surface area contributed by atoms with Gasteiger partial charge in [-0.05, 0) is 32.1 Å². The average Bonchev–Trinajstić information content (AvgIpc) is 2.24. The molecule has 2 rings (SSSR count). The molecule has 19 heavy (non-hydrogen) atoms. The van der Waals surface area contributed by atoms with E-state index < -0.39 is 11.5 Å². The van der Waals surface area contributed by atoms with Crippen LogP contribution in [0.25, 0.3) is 0 Å². The van der Waals surface area contributed by atoms with Gasteiger partial charge in [-0.25, -0.2) is 0 Å². The number of carbonyl (C=O) groups excluding carboxylic acids is 1. The maximum atomic E-state index is 12.3. The summed E-state index contributed by atoms with van der Waals surface area (Å²) in [4.78, 5) is 23.3. The maximum absolute atomic E-state index is 12.3. The minimum Gasteiger partial charge on any atom is -0.481 e. The fourth-order valence-corrected chi connectivity index (χ4v) is 3.32. The third-order valence-corrected chi connectivity index (χ3v) is 4.66. The van der Waals surface area contributed by atoms with E-state index in [2.05, 4.69) is 5.32 Å². The van der Waals surface area contributed by atoms with Gasteiger partial charge in [0, 0.05) is 5.92 Å². The second kappa shape index (κ2) is 6.40. The van der Waals surface area contributed by atoms with E-state index in [0.717, 1.165) is 44.9 Å². The summed E-state index contributed by atoms with van der Waals surface area (Å²) in [6.07, 6.45) is 10.7. The van der Waals surface area contributed by atoms with Gasteiger partial charge in [0.1, 0.15) is 0 Å². The van der Waals surface area contributed by atoms with Gasteiger partial charge in [0.15, 0.2) is 0 Å². The Morgan fingerprint density at radius 3 is 2.05 bits per heavy atom. The molecular weight excluding hydrogens is 242 g/mol. The summed E-state index contributed by atoms with van der Waals surface area (Å²) in [5.41, 5.74) is -0.439. The van der Waals surface area contributed by atoms with Gasteiger partial charge >= 0.3 is 5.97 Å². The summed E-state index contributed by atoms with van der Waals surface area (Å²) in [5.74, 6) is -0.605. The summed E-state index contributed by atoms with van der Waals surface area (Å²) in [6, 6.07) is 0. The van der Waals surface area contributed by atoms with E-state index in [1.807, 2.05) is 0 Å². The SMILES string of the molecule is O=C(O)CC1(NC(=O)C2CCCCCCC2)CCC1. The monoisotopic (exact) mass is 267 g/mol. The number of hydrogen-bond acceptors (Lipinski definition) is 2. The average molecular weight is 267 g/mol. The Bertz CT molecular complexity index is 328. The zero-order valence-corrected chi connectivity index (χ0v) is 11.6. The van der Waals surface area contributed by atoms with Crippen LogP contribution in [0.3, 0.4) is 0 Å². The van der Waals surface area contributed by atoms with Gasteiger partial charge in [-0.2, -0.15) is 0 Å². The van der Waals surface area contributed by atoms with Crippen LogP contribution >= 0.6 is 0 Å². The van der Waals surface area contributed by atoms with E-state index in [1.165, 1.54) is 19.3 Å². The fourth-order valence-electron chi connectivity index (χ4n) is 3.32. The first-order valence-corrected chi connectivity index (χ1v) is 7.65. The highest BCUT2D eigenvalue weighted by atomic mass is 16.4. The number of aliphatic carboxylic acids is 1. The van der Waals surface area contributed by atoms with Gasteiger partial charge in [-0.15, -0.1) is 0 Å². The molecule has 0 heterocycles. The number of carbonyl (C=O) groups is 2. The van der Waals surface area contributed by atoms with Gasteiger partial charge in [0.2, 0.25) is 5.91 Å². The van der Waals surface area contributed by atoms with Crippen molar-refractivity contribution >= 4 is 11.9 Å². The van der Waals surface area contributed by atoms with Gasteiger partial charge < -0.3 is 10.4 Å². The molecule has 1 amide bonds. The van der Waals surface area contributed by atoms with Crippen LogP contribution in [0.5, 0.6) is 0 Å². The predicted molar refractivity (Wildman–Crippen MR) is 72.8 cm³/mol. The first-order chi connectivity index (χ1) is 9.11. The number of hydrogen-bond donors (Lipinski definition) is 2. The van der Waals surface area contributed by atoms with Crippen LogP contribution in [0.1, 0.15) is 70.6 Å². The topological polar surface area (TPSA) is 66.4 Å². The van der Waals surface area contributed by atoms with Crippen molar-refractivity contribution in [3.05, 3.63) is 0 Å². The molecule has 0 aromatic heterocycles. The first kappa shape index (κ1) is 14.4. The molecule has 0 bridgehead atoms. The quantitative estimate of drug-likeness (QED) is 0.823. The Morgan fingerprint density at radius 2 is 1.58 bits per heavy atom. The molecule has 0 unspecified atom stereocenters. The Hall–Kier alpha value is -1.06. The largest absolute Gasteiger partial charge is 0.481 e. The van der Waals surface area contributed by atoms with Gasteiger partial charge in [-0.1, -0.05) is 32.1 Å². The van der Waals surface area contributed by atoms with Crippen LogP contribution in [-0.4, -0.2) is 22.5 Å². The number of carboxylic acids is 1. The summed E-state index contributed by atoms with van der Waals surface area (Å²) in [5, 5.41) is 12.0. The molecule has 108 valence electrons. The highest BCUT2D eigenvalue weighted by molar-refractivity contribution is 5.80. The molecule has 0 radical (unpaired) electrons. The van der Waals surface area contributed by atoms with Crippen LogP contribution in [0.15, 0.2) is 0 Å². The van der Waals surface area contributed by atoms with E-state index in [4.69, 9.17) is 5.11 Å². The minimum absolute atomic E-state index is 0.0749. The Labute approximate surface area is 115 Å². The first-order valence-electron chi connectivity index (χ1n) is 7.65. The lowest BCUT2D eigenvalue weighted by molar-refractivity contribution is -0.141. The molecule has 2 N–H and O–H groups in total. The van der Waals surface area contributed by atoms with E-state index in [0.29, 0.717) is 0 Å². The summed E-state index contributed by atoms with van der Waals surface area (Å²) in [7, 11) is 0. The molecule has 0 aromatic rings. The summed E-state index contributed by atoms with van der Waals surface area (Å²) < 4.78 is 0. The van der Waals surface area contributed by atoms with Crippen LogP contribution in [0.4, 0.5) is 0 Å². The molecule has 2 saturated carbocycles. The standard InChI is InChI=1S/C15H25NO3/c17-13(18)11-15(9-6-10-15)16-14(19)12-7-4-2-1-3-5-8-12/h12H,1-11H2,(H,16,19)(H,17,18). The fraction of sp³-hybridized carbons (Fsp3) is 0.867. The Kier molecular flexibility index (Phi) is 4.83. The molecular formula is C15H25NO3. The Balaban J connectivity index is 1.89. The third kappa shape index (κ3) is 3.95. The highest BCUT2D eigenvalue weighted by Crippen LogP contribution is 2.35. The van der Waals surface area contributed by atoms with Crippen molar-refractivity contribution < 1.29 is 14.7 Å². The molecule has 0 aliphatic heterocycles. The van der Waals surface area contributed by atoms with Crippen LogP contribution < -0.4 is 5.32 Å². The number of rotatable bonds is 4. The predicted octanol–water partition coefficient (Wildman–Crippen LogP) is 2.86. The highest BCUT2D eigenvalue weighted by Gasteiger charge is 2.41. The molecule has 2 aliphatic rings. The summed E-state index contributed by atoms with van der Waals surface area (Å²) in [6.45, 7) is 0. The molecule has 0 aromatic carbocycles. The van der Waals surface area contributed by atoms with Gasteiger partial charge in [-0.3, -0.25) is 9.59 Å². The van der Waals surface area contributed by atoms with Crippen LogP contribution in [0, 0.1) is 5.92 Å². The molecule has 2 aliphatic carbocycles. The van der Waals surface area contributed by atoms with Crippen LogP contribution in [0.2, 0.25) is 0 Å². The second-order valence-electron chi connectivity index (χ2n) is 6.24. The van der Waals surface area contributed by atoms with E-state index in [1.54, 1.807) is 0 Å². The Morgan fingerprint density at radius 1 is 1.00 bits per heavy atom. The lowest BCUT2D eigenvalue weighted by Gasteiger charge is -2.42. The number of nitrogens with one attached hydrogen (secondary N) is 1. The molecule has 0 saturated heterocycles. The zero-order chi connectivity index (χ0) is 13.7. The normalized spacial score (nSPS) is 23.8. The smallest absolute Gasteiger partial charge is 0.305 e. The van der Waals surface area contributed by atoms with Crippen molar-refractivity contribution in [3.63, 3.8) is 0 Å². The van der Waals surface area contributed by atoms with Gasteiger partial charge in [0.25, 0.3) is 0 Å². The van der Waals surface area contributed by atoms with Crippen molar-refractivity contribution in [2.45, 2.75) is 76.2 Å². The van der Waals surface area contributed by atoms with Gasteiger partial charge in [0.05, 0.1) is 12.0 Å². The minimum atomic E-state index is -0.808. The lowest BCUT2D eigenvalue weighted by Crippen LogP contribution is -2.56. The molecule has 0 spiro atoms. The number of carboxylic acid groups (broad SMARTS) is 1. The van der Waals surface area contributed by atoms with Crippen LogP contribution in [-0.2, 0) is 9.59 Å². The molecule has 4 heteroatoms. The molecule has 0 atom stereocenters. The lowest BCUT2D eigenvalue weighted by atomic mass is 9.74. The summed E-state index contributed by atoms with van der Waals surface area (Å²) >= 11 is 0. The van der Waals surface area contributed by atoms with Crippen molar-refractivity contribution in [3.8, 4) is 0 Å². The van der Waals surface area contributed by atoms with Crippen molar-refractivity contribution in [2.24, 2.45) is 5.92 Å². The van der Waals surface area contributed by atoms with E-state index >= 15 is 0 Å². The second-order valence-corrected chi connectivity index (χ2v) is 6.24. The van der Waals surface area contributed by atoms with Crippen molar-refractivity contribution in [1.29, 1.82) is 0 Å². The molecule has 4 nitrogen and oxygen atoms in total. The maximum Gasteiger partial charge on any atom is 0.305 e. The zero-order valence-electron chi connectivity index (χ0n) is 11.6. The number of amides is 1. The van der Waals surface area contributed by atoms with Crippen molar-refractivity contribution in [2.75, 3.05) is 0 Å². The van der Waals surface area contributed by atoms with E-state index in [-0.39, 0.29) is 18.2 Å². The van der Waals surface area contributed by atoms with Crippen molar-refractivity contribution in [1.82, 2.24) is 5.32 Å².